The van der Waals surface area contributed by atoms with Gasteiger partial charge in [0.1, 0.15) is 0 Å². The van der Waals surface area contributed by atoms with Crippen LogP contribution in [0.2, 0.25) is 0 Å². The Morgan fingerprint density at radius 3 is 2.50 bits per heavy atom. The molecular formula is C13H16BrNO4S. The fourth-order valence-electron chi connectivity index (χ4n) is 2.09. The molecule has 0 radical (unpaired) electrons. The lowest BCUT2D eigenvalue weighted by atomic mass is 10.2. The van der Waals surface area contributed by atoms with Crippen molar-refractivity contribution in [2.45, 2.75) is 30.7 Å². The average molecular weight is 362 g/mol. The number of hydrogen-bond donors (Lipinski definition) is 1. The maximum atomic E-state index is 12.6. The Balaban J connectivity index is 2.36. The van der Waals surface area contributed by atoms with Gasteiger partial charge in [-0.2, -0.15) is 4.31 Å². The molecule has 0 unspecified atom stereocenters. The highest BCUT2D eigenvalue weighted by Gasteiger charge is 2.36. The average Bonchev–Trinajstić information content (AvgIpc) is 3.20. The summed E-state index contributed by atoms with van der Waals surface area (Å²) in [6.45, 7) is 1.90. The van der Waals surface area contributed by atoms with Gasteiger partial charge in [0, 0.05) is 17.6 Å². The summed E-state index contributed by atoms with van der Waals surface area (Å²) < 4.78 is 26.7. The summed E-state index contributed by atoms with van der Waals surface area (Å²) in [6.07, 6.45) is 2.11. The zero-order chi connectivity index (χ0) is 15.1. The molecule has 0 saturated heterocycles. The van der Waals surface area contributed by atoms with E-state index in [1.165, 1.54) is 22.5 Å². The maximum absolute atomic E-state index is 12.6. The summed E-state index contributed by atoms with van der Waals surface area (Å²) in [5.41, 5.74) is 0.0497. The first-order chi connectivity index (χ1) is 9.25. The number of rotatable bonds is 5. The van der Waals surface area contributed by atoms with Crippen molar-refractivity contribution in [2.75, 3.05) is 7.05 Å². The molecule has 0 amide bonds. The van der Waals surface area contributed by atoms with Crippen LogP contribution < -0.4 is 0 Å². The van der Waals surface area contributed by atoms with Crippen LogP contribution in [0.5, 0.6) is 0 Å². The van der Waals surface area contributed by atoms with Crippen molar-refractivity contribution in [3.63, 3.8) is 0 Å². The third kappa shape index (κ3) is 2.89. The SMILES string of the molecule is C[C@@H](C1CC1)N(C)S(=O)(=O)c1ccc(C(=O)O)cc1Br. The number of halogens is 1. The molecule has 1 aliphatic rings. The van der Waals surface area contributed by atoms with E-state index in [1.807, 2.05) is 6.92 Å². The molecule has 7 heteroatoms. The Labute approximate surface area is 126 Å². The van der Waals surface area contributed by atoms with E-state index in [1.54, 1.807) is 7.05 Å². The predicted molar refractivity (Wildman–Crippen MR) is 78.2 cm³/mol. The number of carboxylic acids is 1. The minimum atomic E-state index is -3.62. The summed E-state index contributed by atoms with van der Waals surface area (Å²) in [6, 6.07) is 3.89. The Morgan fingerprint density at radius 2 is 2.05 bits per heavy atom. The molecule has 1 aromatic carbocycles. The number of nitrogens with zero attached hydrogens (tertiary/aromatic N) is 1. The predicted octanol–water partition coefficient (Wildman–Crippen LogP) is 2.57. The van der Waals surface area contributed by atoms with Crippen LogP contribution in [0.4, 0.5) is 0 Å². The molecule has 2 rings (SSSR count). The second kappa shape index (κ2) is 5.46. The van der Waals surface area contributed by atoms with Crippen LogP contribution in [-0.2, 0) is 10.0 Å². The lowest BCUT2D eigenvalue weighted by Gasteiger charge is -2.24. The minimum Gasteiger partial charge on any atom is -0.478 e. The summed E-state index contributed by atoms with van der Waals surface area (Å²) >= 11 is 3.15. The van der Waals surface area contributed by atoms with Crippen LogP contribution in [0, 0.1) is 5.92 Å². The first-order valence-corrected chi connectivity index (χ1v) is 8.49. The third-order valence-corrected chi connectivity index (χ3v) is 6.63. The van der Waals surface area contributed by atoms with E-state index < -0.39 is 16.0 Å². The van der Waals surface area contributed by atoms with Gasteiger partial charge in [-0.05, 0) is 59.8 Å². The van der Waals surface area contributed by atoms with Gasteiger partial charge in [-0.1, -0.05) is 0 Å². The van der Waals surface area contributed by atoms with Gasteiger partial charge in [0.05, 0.1) is 10.5 Å². The van der Waals surface area contributed by atoms with Crippen molar-refractivity contribution in [1.29, 1.82) is 0 Å². The summed E-state index contributed by atoms with van der Waals surface area (Å²) in [5.74, 6) is -0.666. The molecule has 5 nitrogen and oxygen atoms in total. The number of carboxylic acid groups (broad SMARTS) is 1. The van der Waals surface area contributed by atoms with Crippen LogP contribution in [-0.4, -0.2) is 36.9 Å². The number of hydrogen-bond acceptors (Lipinski definition) is 3. The van der Waals surface area contributed by atoms with E-state index in [0.717, 1.165) is 12.8 Å². The van der Waals surface area contributed by atoms with Crippen LogP contribution in [0.1, 0.15) is 30.1 Å². The highest BCUT2D eigenvalue weighted by atomic mass is 79.9. The first kappa shape index (κ1) is 15.5. The van der Waals surface area contributed by atoms with Gasteiger partial charge in [0.25, 0.3) is 0 Å². The second-order valence-electron chi connectivity index (χ2n) is 5.05. The zero-order valence-corrected chi connectivity index (χ0v) is 13.6. The Kier molecular flexibility index (Phi) is 4.22. The van der Waals surface area contributed by atoms with Crippen molar-refractivity contribution in [3.05, 3.63) is 28.2 Å². The number of aromatic carboxylic acids is 1. The van der Waals surface area contributed by atoms with E-state index >= 15 is 0 Å². The highest BCUT2D eigenvalue weighted by molar-refractivity contribution is 9.10. The van der Waals surface area contributed by atoms with Crippen molar-refractivity contribution >= 4 is 31.9 Å². The molecule has 1 aromatic rings. The van der Waals surface area contributed by atoms with Crippen molar-refractivity contribution in [2.24, 2.45) is 5.92 Å². The molecule has 0 aliphatic heterocycles. The van der Waals surface area contributed by atoms with Crippen LogP contribution >= 0.6 is 15.9 Å². The minimum absolute atomic E-state index is 0.0497. The topological polar surface area (TPSA) is 74.7 Å². The molecule has 1 saturated carbocycles. The standard InChI is InChI=1S/C13H16BrNO4S/c1-8(9-3-4-9)15(2)20(18,19)12-6-5-10(13(16)17)7-11(12)14/h5-9H,3-4H2,1-2H3,(H,16,17)/t8-/m0/s1. The van der Waals surface area contributed by atoms with Gasteiger partial charge < -0.3 is 5.11 Å². The van der Waals surface area contributed by atoms with E-state index in [0.29, 0.717) is 5.92 Å². The third-order valence-electron chi connectivity index (χ3n) is 3.71. The molecule has 110 valence electrons. The monoisotopic (exact) mass is 361 g/mol. The van der Waals surface area contributed by atoms with Crippen LogP contribution in [0.25, 0.3) is 0 Å². The van der Waals surface area contributed by atoms with Crippen LogP contribution in [0.15, 0.2) is 27.6 Å². The van der Waals surface area contributed by atoms with E-state index in [9.17, 15) is 13.2 Å². The van der Waals surface area contributed by atoms with Crippen molar-refractivity contribution in [3.8, 4) is 0 Å². The number of carbonyl (C=O) groups is 1. The molecule has 1 fully saturated rings. The lowest BCUT2D eigenvalue weighted by molar-refractivity contribution is 0.0696. The van der Waals surface area contributed by atoms with Gasteiger partial charge in [0.2, 0.25) is 10.0 Å². The Bertz CT molecular complexity index is 640. The van der Waals surface area contributed by atoms with Gasteiger partial charge in [-0.3, -0.25) is 0 Å². The molecular weight excluding hydrogens is 346 g/mol. The van der Waals surface area contributed by atoms with Gasteiger partial charge in [0.15, 0.2) is 0 Å². The normalized spacial score (nSPS) is 17.2. The molecule has 0 spiro atoms. The van der Waals surface area contributed by atoms with E-state index in [-0.39, 0.29) is 21.0 Å². The maximum Gasteiger partial charge on any atom is 0.335 e. The van der Waals surface area contributed by atoms with E-state index in [4.69, 9.17) is 5.11 Å². The summed E-state index contributed by atoms with van der Waals surface area (Å²) in [7, 11) is -2.06. The number of sulfonamides is 1. The first-order valence-electron chi connectivity index (χ1n) is 6.26. The zero-order valence-electron chi connectivity index (χ0n) is 11.2. The molecule has 0 aromatic heterocycles. The Hall–Kier alpha value is -0.920. The quantitative estimate of drug-likeness (QED) is 0.874. The molecule has 1 atom stereocenters. The largest absolute Gasteiger partial charge is 0.478 e. The van der Waals surface area contributed by atoms with Crippen molar-refractivity contribution in [1.82, 2.24) is 4.31 Å². The Morgan fingerprint density at radius 1 is 1.45 bits per heavy atom. The highest BCUT2D eigenvalue weighted by Crippen LogP contribution is 2.37. The lowest BCUT2D eigenvalue weighted by Crippen LogP contribution is -2.36. The summed E-state index contributed by atoms with van der Waals surface area (Å²) in [4.78, 5) is 11.0. The molecule has 0 heterocycles. The smallest absolute Gasteiger partial charge is 0.335 e. The second-order valence-corrected chi connectivity index (χ2v) is 7.87. The number of benzene rings is 1. The van der Waals surface area contributed by atoms with Crippen molar-refractivity contribution < 1.29 is 18.3 Å². The summed E-state index contributed by atoms with van der Waals surface area (Å²) in [5, 5.41) is 8.90. The molecule has 20 heavy (non-hydrogen) atoms. The molecule has 1 aliphatic carbocycles. The molecule has 0 bridgehead atoms. The van der Waals surface area contributed by atoms with Gasteiger partial charge in [-0.25, -0.2) is 13.2 Å². The fourth-order valence-corrected chi connectivity index (χ4v) is 4.55. The van der Waals surface area contributed by atoms with E-state index in [2.05, 4.69) is 15.9 Å². The molecule has 1 N–H and O–H groups in total. The van der Waals surface area contributed by atoms with Gasteiger partial charge in [-0.15, -0.1) is 0 Å². The van der Waals surface area contributed by atoms with Gasteiger partial charge >= 0.3 is 5.97 Å². The fraction of sp³-hybridized carbons (Fsp3) is 0.462. The van der Waals surface area contributed by atoms with Crippen LogP contribution in [0.3, 0.4) is 0 Å².